The van der Waals surface area contributed by atoms with Crippen molar-refractivity contribution in [3.63, 3.8) is 0 Å². The Morgan fingerprint density at radius 3 is 2.55 bits per heavy atom. The lowest BCUT2D eigenvalue weighted by atomic mass is 9.89. The van der Waals surface area contributed by atoms with Gasteiger partial charge < -0.3 is 10.1 Å². The van der Waals surface area contributed by atoms with Crippen LogP contribution in [0, 0.1) is 11.8 Å². The first-order valence-corrected chi connectivity index (χ1v) is 9.45. The molecule has 0 spiro atoms. The summed E-state index contributed by atoms with van der Waals surface area (Å²) in [5, 5.41) is 3.38. The zero-order valence-corrected chi connectivity index (χ0v) is 13.7. The van der Waals surface area contributed by atoms with E-state index in [0.29, 0.717) is 31.0 Å². The highest BCUT2D eigenvalue weighted by Gasteiger charge is 2.38. The van der Waals surface area contributed by atoms with Crippen molar-refractivity contribution in [3.8, 4) is 0 Å². The highest BCUT2D eigenvalue weighted by atomic mass is 32.2. The van der Waals surface area contributed by atoms with Crippen molar-refractivity contribution >= 4 is 10.0 Å². The van der Waals surface area contributed by atoms with E-state index >= 15 is 0 Å². The molecule has 0 aromatic rings. The van der Waals surface area contributed by atoms with Crippen LogP contribution in [0.2, 0.25) is 0 Å². The van der Waals surface area contributed by atoms with Gasteiger partial charge in [0.05, 0.1) is 12.4 Å². The van der Waals surface area contributed by atoms with Gasteiger partial charge in [0, 0.05) is 26.2 Å². The molecule has 1 heterocycles. The first-order chi connectivity index (χ1) is 9.45. The van der Waals surface area contributed by atoms with Crippen LogP contribution in [0.15, 0.2) is 0 Å². The maximum atomic E-state index is 11.7. The molecular weight excluding hydrogens is 276 g/mol. The van der Waals surface area contributed by atoms with Gasteiger partial charge in [0.1, 0.15) is 0 Å². The third-order valence-electron chi connectivity index (χ3n) is 4.66. The van der Waals surface area contributed by atoms with Crippen LogP contribution >= 0.6 is 0 Å². The van der Waals surface area contributed by atoms with Crippen molar-refractivity contribution in [2.45, 2.75) is 44.2 Å². The fraction of sp³-hybridized carbons (Fsp3) is 1.00. The molecule has 0 amide bonds. The van der Waals surface area contributed by atoms with Crippen LogP contribution in [-0.4, -0.2) is 58.4 Å². The fourth-order valence-corrected chi connectivity index (χ4v) is 4.35. The van der Waals surface area contributed by atoms with Crippen LogP contribution in [0.5, 0.6) is 0 Å². The summed E-state index contributed by atoms with van der Waals surface area (Å²) < 4.78 is 30.7. The summed E-state index contributed by atoms with van der Waals surface area (Å²) in [5.74, 6) is 1.12. The lowest BCUT2D eigenvalue weighted by Gasteiger charge is -2.35. The summed E-state index contributed by atoms with van der Waals surface area (Å²) >= 11 is 0. The number of likely N-dealkylation sites (N-methyl/N-ethyl adjacent to an activating group) is 1. The molecule has 2 fully saturated rings. The number of nitrogens with zero attached hydrogens (tertiary/aromatic N) is 1. The van der Waals surface area contributed by atoms with Gasteiger partial charge in [0.2, 0.25) is 10.0 Å². The molecule has 0 bridgehead atoms. The van der Waals surface area contributed by atoms with E-state index in [4.69, 9.17) is 4.74 Å². The number of ether oxygens (including phenoxy) is 1. The van der Waals surface area contributed by atoms with Gasteiger partial charge in [0.25, 0.3) is 0 Å². The predicted octanol–water partition coefficient (Wildman–Crippen LogP) is 1.06. The number of piperidine rings is 1. The molecule has 1 N–H and O–H groups in total. The molecule has 5 nitrogen and oxygen atoms in total. The summed E-state index contributed by atoms with van der Waals surface area (Å²) in [7, 11) is 0.722. The SMILES string of the molecule is CNC(CC1CCCN(S(C)(=O)=O)C1)C(OC)C1CC1. The topological polar surface area (TPSA) is 58.6 Å². The van der Waals surface area contributed by atoms with Gasteiger partial charge in [-0.25, -0.2) is 12.7 Å². The van der Waals surface area contributed by atoms with Gasteiger partial charge >= 0.3 is 0 Å². The quantitative estimate of drug-likeness (QED) is 0.764. The second-order valence-electron chi connectivity index (χ2n) is 6.30. The average Bonchev–Trinajstić information content (AvgIpc) is 3.22. The normalized spacial score (nSPS) is 28.2. The molecule has 3 unspecified atom stereocenters. The summed E-state index contributed by atoms with van der Waals surface area (Å²) in [6, 6.07) is 0.331. The zero-order valence-electron chi connectivity index (χ0n) is 12.8. The van der Waals surface area contributed by atoms with Crippen LogP contribution < -0.4 is 5.32 Å². The number of rotatable bonds is 7. The lowest BCUT2D eigenvalue weighted by molar-refractivity contribution is 0.0422. The molecule has 2 rings (SSSR count). The highest BCUT2D eigenvalue weighted by molar-refractivity contribution is 7.88. The second-order valence-corrected chi connectivity index (χ2v) is 8.28. The number of nitrogens with one attached hydrogen (secondary N) is 1. The van der Waals surface area contributed by atoms with Crippen molar-refractivity contribution in [2.75, 3.05) is 33.5 Å². The minimum Gasteiger partial charge on any atom is -0.380 e. The fourth-order valence-electron chi connectivity index (χ4n) is 3.41. The van der Waals surface area contributed by atoms with E-state index in [0.717, 1.165) is 19.3 Å². The Morgan fingerprint density at radius 1 is 1.35 bits per heavy atom. The van der Waals surface area contributed by atoms with Crippen LogP contribution in [0.25, 0.3) is 0 Å². The maximum absolute atomic E-state index is 11.7. The van der Waals surface area contributed by atoms with Crippen LogP contribution in [0.1, 0.15) is 32.1 Å². The number of methoxy groups -OCH3 is 1. The molecule has 20 heavy (non-hydrogen) atoms. The molecule has 118 valence electrons. The highest BCUT2D eigenvalue weighted by Crippen LogP contribution is 2.37. The van der Waals surface area contributed by atoms with E-state index in [2.05, 4.69) is 5.32 Å². The Morgan fingerprint density at radius 2 is 2.05 bits per heavy atom. The predicted molar refractivity (Wildman–Crippen MR) is 80.1 cm³/mol. The van der Waals surface area contributed by atoms with Gasteiger partial charge in [-0.3, -0.25) is 0 Å². The molecule has 0 radical (unpaired) electrons. The minimum atomic E-state index is -3.05. The van der Waals surface area contributed by atoms with Crippen LogP contribution in [0.3, 0.4) is 0 Å². The first-order valence-electron chi connectivity index (χ1n) is 7.61. The Bertz CT molecular complexity index is 409. The van der Waals surface area contributed by atoms with Gasteiger partial charge in [0.15, 0.2) is 0 Å². The van der Waals surface area contributed by atoms with Crippen molar-refractivity contribution in [2.24, 2.45) is 11.8 Å². The van der Waals surface area contributed by atoms with E-state index in [9.17, 15) is 8.42 Å². The van der Waals surface area contributed by atoms with E-state index < -0.39 is 10.0 Å². The largest absolute Gasteiger partial charge is 0.380 e. The van der Waals surface area contributed by atoms with E-state index in [1.807, 2.05) is 7.05 Å². The standard InChI is InChI=1S/C14H28N2O3S/c1-15-13(14(19-2)12-6-7-12)9-11-5-4-8-16(10-11)20(3,17)18/h11-15H,4-10H2,1-3H3. The maximum Gasteiger partial charge on any atom is 0.211 e. The smallest absolute Gasteiger partial charge is 0.211 e. The molecule has 1 saturated carbocycles. The third kappa shape index (κ3) is 4.16. The average molecular weight is 304 g/mol. The van der Waals surface area contributed by atoms with Gasteiger partial charge in [-0.05, 0) is 51.0 Å². The van der Waals surface area contributed by atoms with Crippen LogP contribution in [0.4, 0.5) is 0 Å². The number of hydrogen-bond acceptors (Lipinski definition) is 4. The molecule has 1 aliphatic carbocycles. The Balaban J connectivity index is 1.93. The van der Waals surface area contributed by atoms with Crippen molar-refractivity contribution < 1.29 is 13.2 Å². The molecule has 0 aromatic heterocycles. The number of hydrogen-bond donors (Lipinski definition) is 1. The third-order valence-corrected chi connectivity index (χ3v) is 5.93. The minimum absolute atomic E-state index is 0.272. The summed E-state index contributed by atoms with van der Waals surface area (Å²) in [6.45, 7) is 1.34. The molecule has 3 atom stereocenters. The Labute approximate surface area is 123 Å². The van der Waals surface area contributed by atoms with Crippen molar-refractivity contribution in [3.05, 3.63) is 0 Å². The van der Waals surface area contributed by atoms with Gasteiger partial charge in [-0.1, -0.05) is 0 Å². The van der Waals surface area contributed by atoms with E-state index in [-0.39, 0.29) is 6.10 Å². The lowest BCUT2D eigenvalue weighted by Crippen LogP contribution is -2.45. The van der Waals surface area contributed by atoms with E-state index in [1.165, 1.54) is 19.1 Å². The second kappa shape index (κ2) is 6.73. The summed E-state index contributed by atoms with van der Waals surface area (Å²) in [4.78, 5) is 0. The molecule has 1 aliphatic heterocycles. The molecule has 0 aromatic carbocycles. The molecular formula is C14H28N2O3S. The molecule has 2 aliphatic rings. The first kappa shape index (κ1) is 16.2. The molecule has 1 saturated heterocycles. The Kier molecular flexibility index (Phi) is 5.45. The summed E-state index contributed by atoms with van der Waals surface area (Å²) in [5.41, 5.74) is 0. The summed E-state index contributed by atoms with van der Waals surface area (Å²) in [6.07, 6.45) is 7.19. The van der Waals surface area contributed by atoms with E-state index in [1.54, 1.807) is 11.4 Å². The van der Waals surface area contributed by atoms with Gasteiger partial charge in [-0.2, -0.15) is 0 Å². The Hall–Kier alpha value is -0.170. The monoisotopic (exact) mass is 304 g/mol. The van der Waals surface area contributed by atoms with Crippen LogP contribution in [-0.2, 0) is 14.8 Å². The zero-order chi connectivity index (χ0) is 14.8. The van der Waals surface area contributed by atoms with Gasteiger partial charge in [-0.15, -0.1) is 0 Å². The molecule has 6 heteroatoms. The number of sulfonamides is 1. The van der Waals surface area contributed by atoms with Crippen molar-refractivity contribution in [1.29, 1.82) is 0 Å². The van der Waals surface area contributed by atoms with Crippen molar-refractivity contribution in [1.82, 2.24) is 9.62 Å².